The molecule has 13 heteroatoms. The van der Waals surface area contributed by atoms with Gasteiger partial charge in [-0.25, -0.2) is 9.97 Å². The third kappa shape index (κ3) is 6.20. The number of benzene rings is 1. The van der Waals surface area contributed by atoms with Crippen molar-refractivity contribution in [2.45, 2.75) is 51.2 Å². The standard InChI is InChI=1S/C28H33F3N8O2/c1-2-18-15-19(7-8-21(18)27(40)34-11-14-41-13-9-32)36-25-26-35-16-23(38(26)12-10-33-25)22-17-39(20-5-3-4-6-20)37-24(22)28(29,30)31/h7-8,10,12,15-17,20H,2-6,9,11,13-14,32H2,1H3,(H,33,36)(H,34,40). The van der Waals surface area contributed by atoms with E-state index in [1.807, 2.05) is 13.0 Å². The number of alkyl halides is 3. The molecule has 0 radical (unpaired) electrons. The summed E-state index contributed by atoms with van der Waals surface area (Å²) in [6.45, 7) is 3.54. The van der Waals surface area contributed by atoms with Crippen molar-refractivity contribution in [3.8, 4) is 11.3 Å². The second-order valence-corrected chi connectivity index (χ2v) is 9.93. The molecule has 1 aromatic carbocycles. The molecule has 0 atom stereocenters. The first kappa shape index (κ1) is 28.6. The smallest absolute Gasteiger partial charge is 0.378 e. The van der Waals surface area contributed by atoms with Gasteiger partial charge in [-0.3, -0.25) is 13.9 Å². The molecule has 3 aromatic heterocycles. The maximum absolute atomic E-state index is 14.0. The molecular formula is C28H33F3N8O2. The number of aryl methyl sites for hydroxylation is 1. The molecule has 41 heavy (non-hydrogen) atoms. The van der Waals surface area contributed by atoms with E-state index in [1.165, 1.54) is 23.3 Å². The Balaban J connectivity index is 1.40. The average Bonchev–Trinajstić information content (AvgIpc) is 3.72. The van der Waals surface area contributed by atoms with Crippen LogP contribution < -0.4 is 16.4 Å². The number of ether oxygens (including phenoxy) is 1. The van der Waals surface area contributed by atoms with Gasteiger partial charge in [0.05, 0.1) is 36.7 Å². The lowest BCUT2D eigenvalue weighted by Crippen LogP contribution is -2.28. The number of nitrogens with two attached hydrogens (primary N) is 1. The summed E-state index contributed by atoms with van der Waals surface area (Å²) in [7, 11) is 0. The Morgan fingerprint density at radius 3 is 2.73 bits per heavy atom. The number of anilines is 2. The van der Waals surface area contributed by atoms with Crippen molar-refractivity contribution in [1.29, 1.82) is 0 Å². The van der Waals surface area contributed by atoms with Crippen molar-refractivity contribution in [1.82, 2.24) is 29.5 Å². The summed E-state index contributed by atoms with van der Waals surface area (Å²) >= 11 is 0. The predicted octanol–water partition coefficient (Wildman–Crippen LogP) is 4.74. The van der Waals surface area contributed by atoms with E-state index in [-0.39, 0.29) is 23.2 Å². The van der Waals surface area contributed by atoms with Crippen LogP contribution in [0.3, 0.4) is 0 Å². The van der Waals surface area contributed by atoms with Crippen LogP contribution in [0.2, 0.25) is 0 Å². The van der Waals surface area contributed by atoms with Crippen LogP contribution >= 0.6 is 0 Å². The Kier molecular flexibility index (Phi) is 8.54. The molecule has 0 aliphatic heterocycles. The van der Waals surface area contributed by atoms with E-state index in [9.17, 15) is 18.0 Å². The fourth-order valence-electron chi connectivity index (χ4n) is 5.19. The van der Waals surface area contributed by atoms with Crippen LogP contribution in [0.25, 0.3) is 16.9 Å². The number of amides is 1. The van der Waals surface area contributed by atoms with Crippen molar-refractivity contribution in [3.05, 3.63) is 59.8 Å². The molecule has 218 valence electrons. The lowest BCUT2D eigenvalue weighted by Gasteiger charge is -2.13. The molecule has 0 unspecified atom stereocenters. The number of rotatable bonds is 11. The van der Waals surface area contributed by atoms with Crippen molar-refractivity contribution in [2.24, 2.45) is 5.73 Å². The summed E-state index contributed by atoms with van der Waals surface area (Å²) in [5.41, 5.74) is 7.12. The minimum atomic E-state index is -4.61. The first-order valence-corrected chi connectivity index (χ1v) is 13.7. The van der Waals surface area contributed by atoms with Gasteiger partial charge in [0.1, 0.15) is 0 Å². The van der Waals surface area contributed by atoms with Gasteiger partial charge in [0.25, 0.3) is 5.91 Å². The zero-order valence-electron chi connectivity index (χ0n) is 22.7. The van der Waals surface area contributed by atoms with Gasteiger partial charge >= 0.3 is 6.18 Å². The van der Waals surface area contributed by atoms with E-state index < -0.39 is 11.9 Å². The minimum absolute atomic E-state index is 0.0221. The quantitative estimate of drug-likeness (QED) is 0.223. The average molecular weight is 571 g/mol. The van der Waals surface area contributed by atoms with Gasteiger partial charge in [0.2, 0.25) is 0 Å². The van der Waals surface area contributed by atoms with Crippen molar-refractivity contribution in [3.63, 3.8) is 0 Å². The molecule has 4 N–H and O–H groups in total. The summed E-state index contributed by atoms with van der Waals surface area (Å²) in [5.74, 6) is 0.160. The SMILES string of the molecule is CCc1cc(Nc2nccn3c(-c4cn(C5CCCC5)nc4C(F)(F)F)cnc23)ccc1C(=O)NCCOCCN. The molecular weight excluding hydrogens is 537 g/mol. The Labute approximate surface area is 235 Å². The molecule has 1 aliphatic rings. The highest BCUT2D eigenvalue weighted by Crippen LogP contribution is 2.39. The van der Waals surface area contributed by atoms with Crippen molar-refractivity contribution >= 4 is 23.1 Å². The fraction of sp³-hybridized carbons (Fsp3) is 0.429. The van der Waals surface area contributed by atoms with Gasteiger partial charge in [-0.05, 0) is 43.0 Å². The van der Waals surface area contributed by atoms with Gasteiger partial charge in [-0.1, -0.05) is 19.8 Å². The van der Waals surface area contributed by atoms with Gasteiger partial charge < -0.3 is 21.1 Å². The Bertz CT molecular complexity index is 1510. The molecule has 5 rings (SSSR count). The summed E-state index contributed by atoms with van der Waals surface area (Å²) in [5, 5.41) is 10.0. The minimum Gasteiger partial charge on any atom is -0.378 e. The van der Waals surface area contributed by atoms with E-state index in [1.54, 1.807) is 22.7 Å². The van der Waals surface area contributed by atoms with E-state index in [4.69, 9.17) is 10.5 Å². The molecule has 10 nitrogen and oxygen atoms in total. The molecule has 1 amide bonds. The molecule has 0 spiro atoms. The maximum Gasteiger partial charge on any atom is 0.435 e. The van der Waals surface area contributed by atoms with Gasteiger partial charge in [-0.2, -0.15) is 18.3 Å². The third-order valence-electron chi connectivity index (χ3n) is 7.19. The largest absolute Gasteiger partial charge is 0.435 e. The lowest BCUT2D eigenvalue weighted by molar-refractivity contribution is -0.141. The van der Waals surface area contributed by atoms with Crippen molar-refractivity contribution in [2.75, 3.05) is 31.6 Å². The Morgan fingerprint density at radius 2 is 2.00 bits per heavy atom. The van der Waals surface area contributed by atoms with E-state index in [2.05, 4.69) is 25.7 Å². The monoisotopic (exact) mass is 570 g/mol. The van der Waals surface area contributed by atoms with Crippen LogP contribution in [0.4, 0.5) is 24.7 Å². The van der Waals surface area contributed by atoms with Crippen LogP contribution in [-0.2, 0) is 17.3 Å². The zero-order chi connectivity index (χ0) is 29.0. The molecule has 0 saturated heterocycles. The number of fused-ring (bicyclic) bond motifs is 1. The van der Waals surface area contributed by atoms with Gasteiger partial charge in [-0.15, -0.1) is 0 Å². The summed E-state index contributed by atoms with van der Waals surface area (Å²) in [6.07, 6.45) is 5.56. The van der Waals surface area contributed by atoms with E-state index in [0.717, 1.165) is 31.2 Å². The van der Waals surface area contributed by atoms with Crippen molar-refractivity contribution < 1.29 is 22.7 Å². The van der Waals surface area contributed by atoms with Crippen LogP contribution in [0.15, 0.2) is 43.0 Å². The molecule has 4 aromatic rings. The molecule has 1 saturated carbocycles. The number of nitrogens with zero attached hydrogens (tertiary/aromatic N) is 5. The molecule has 3 heterocycles. The number of carbonyl (C=O) groups excluding carboxylic acids is 1. The number of hydrogen-bond donors (Lipinski definition) is 3. The number of hydrogen-bond acceptors (Lipinski definition) is 7. The van der Waals surface area contributed by atoms with Crippen LogP contribution in [-0.4, -0.2) is 56.4 Å². The number of carbonyl (C=O) groups is 1. The fourth-order valence-corrected chi connectivity index (χ4v) is 5.19. The van der Waals surface area contributed by atoms with Gasteiger partial charge in [0, 0.05) is 42.9 Å². The first-order chi connectivity index (χ1) is 19.8. The Morgan fingerprint density at radius 1 is 1.20 bits per heavy atom. The third-order valence-corrected chi connectivity index (χ3v) is 7.19. The Hall–Kier alpha value is -3.97. The summed E-state index contributed by atoms with van der Waals surface area (Å²) < 4.78 is 50.4. The number of imidazole rings is 1. The summed E-state index contributed by atoms with van der Waals surface area (Å²) in [6, 6.07) is 5.29. The highest BCUT2D eigenvalue weighted by molar-refractivity contribution is 5.96. The zero-order valence-corrected chi connectivity index (χ0v) is 22.7. The number of nitrogens with one attached hydrogen (secondary N) is 2. The second kappa shape index (κ2) is 12.3. The molecule has 1 fully saturated rings. The second-order valence-electron chi connectivity index (χ2n) is 9.93. The molecule has 1 aliphatic carbocycles. The summed E-state index contributed by atoms with van der Waals surface area (Å²) in [4.78, 5) is 21.5. The van der Waals surface area contributed by atoms with E-state index in [0.29, 0.717) is 55.4 Å². The topological polar surface area (TPSA) is 124 Å². The van der Waals surface area contributed by atoms with Gasteiger partial charge in [0.15, 0.2) is 17.2 Å². The highest BCUT2D eigenvalue weighted by Gasteiger charge is 2.39. The van der Waals surface area contributed by atoms with Crippen LogP contribution in [0, 0.1) is 0 Å². The predicted molar refractivity (Wildman–Crippen MR) is 148 cm³/mol. The van der Waals surface area contributed by atoms with E-state index >= 15 is 0 Å². The van der Waals surface area contributed by atoms with Crippen LogP contribution in [0.5, 0.6) is 0 Å². The number of halogens is 3. The van der Waals surface area contributed by atoms with Crippen LogP contribution in [0.1, 0.15) is 60.3 Å². The first-order valence-electron chi connectivity index (χ1n) is 13.7. The molecule has 0 bridgehead atoms. The normalized spacial score (nSPS) is 14.2. The lowest BCUT2D eigenvalue weighted by atomic mass is 10.0. The highest BCUT2D eigenvalue weighted by atomic mass is 19.4. The number of aromatic nitrogens is 5. The maximum atomic E-state index is 14.0.